The molecule has 0 radical (unpaired) electrons. The molecule has 0 aromatic carbocycles. The number of aromatic nitrogens is 3. The number of carbonyl (C=O) groups excluding carboxylic acids is 1. The predicted molar refractivity (Wildman–Crippen MR) is 70.8 cm³/mol. The lowest BCUT2D eigenvalue weighted by molar-refractivity contribution is 0.0998. The first-order chi connectivity index (χ1) is 8.86. The van der Waals surface area contributed by atoms with E-state index in [9.17, 15) is 9.90 Å². The fraction of sp³-hybridized carbons (Fsp3) is 0.462. The molecule has 0 aliphatic heterocycles. The van der Waals surface area contributed by atoms with Crippen LogP contribution in [0.5, 0.6) is 0 Å². The Hall–Kier alpha value is -1.95. The van der Waals surface area contributed by atoms with Crippen LogP contribution in [0.4, 0.5) is 0 Å². The van der Waals surface area contributed by atoms with Gasteiger partial charge in [-0.15, -0.1) is 0 Å². The van der Waals surface area contributed by atoms with E-state index < -0.39 is 5.91 Å². The van der Waals surface area contributed by atoms with Crippen LogP contribution in [-0.4, -0.2) is 32.2 Å². The molecule has 0 fully saturated rings. The first kappa shape index (κ1) is 13.5. The molecule has 19 heavy (non-hydrogen) atoms. The monoisotopic (exact) mass is 262 g/mol. The van der Waals surface area contributed by atoms with Crippen molar-refractivity contribution in [3.8, 4) is 0 Å². The molecule has 1 unspecified atom stereocenters. The molecule has 3 N–H and O–H groups in total. The normalized spacial score (nSPS) is 13.7. The van der Waals surface area contributed by atoms with Crippen LogP contribution in [0.3, 0.4) is 0 Å². The standard InChI is InChI=1S/C13H18N4O2/c1-13(2,3)8(7-18)10-9(11(14)19)12-15-5-4-6-17(12)16-10/h4-6,8,18H,7H2,1-3H3,(H2,14,19). The van der Waals surface area contributed by atoms with Crippen LogP contribution in [0.2, 0.25) is 0 Å². The minimum Gasteiger partial charge on any atom is -0.396 e. The molecule has 2 rings (SSSR count). The van der Waals surface area contributed by atoms with Gasteiger partial charge in [0.2, 0.25) is 0 Å². The molecule has 6 nitrogen and oxygen atoms in total. The molecule has 6 heteroatoms. The zero-order chi connectivity index (χ0) is 14.2. The molecule has 0 spiro atoms. The van der Waals surface area contributed by atoms with Gasteiger partial charge in [0.1, 0.15) is 5.56 Å². The summed E-state index contributed by atoms with van der Waals surface area (Å²) in [7, 11) is 0. The van der Waals surface area contributed by atoms with E-state index in [1.165, 1.54) is 4.52 Å². The summed E-state index contributed by atoms with van der Waals surface area (Å²) in [4.78, 5) is 15.8. The van der Waals surface area contributed by atoms with Crippen molar-refractivity contribution in [3.05, 3.63) is 29.7 Å². The molecule has 2 aromatic rings. The molecule has 0 aliphatic carbocycles. The van der Waals surface area contributed by atoms with E-state index in [1.54, 1.807) is 18.5 Å². The molecule has 2 heterocycles. The van der Waals surface area contributed by atoms with Crippen molar-refractivity contribution in [2.24, 2.45) is 11.1 Å². The fourth-order valence-electron chi connectivity index (χ4n) is 2.15. The van der Waals surface area contributed by atoms with E-state index in [2.05, 4.69) is 10.1 Å². The third-order valence-electron chi connectivity index (χ3n) is 3.23. The molecular formula is C13H18N4O2. The van der Waals surface area contributed by atoms with Crippen molar-refractivity contribution in [1.82, 2.24) is 14.6 Å². The van der Waals surface area contributed by atoms with Gasteiger partial charge >= 0.3 is 0 Å². The largest absolute Gasteiger partial charge is 0.396 e. The Bertz CT molecular complexity index is 613. The molecule has 102 valence electrons. The number of hydrogen-bond donors (Lipinski definition) is 2. The number of nitrogens with zero attached hydrogens (tertiary/aromatic N) is 3. The van der Waals surface area contributed by atoms with Gasteiger partial charge in [-0.3, -0.25) is 4.79 Å². The van der Waals surface area contributed by atoms with E-state index in [-0.39, 0.29) is 23.5 Å². The van der Waals surface area contributed by atoms with E-state index in [4.69, 9.17) is 5.73 Å². The molecule has 0 aliphatic rings. The van der Waals surface area contributed by atoms with Crippen LogP contribution < -0.4 is 5.73 Å². The maximum Gasteiger partial charge on any atom is 0.254 e. The Morgan fingerprint density at radius 2 is 2.21 bits per heavy atom. The Labute approximate surface area is 111 Å². The summed E-state index contributed by atoms with van der Waals surface area (Å²) in [5.74, 6) is -0.858. The van der Waals surface area contributed by atoms with Crippen molar-refractivity contribution in [3.63, 3.8) is 0 Å². The zero-order valence-corrected chi connectivity index (χ0v) is 11.3. The third-order valence-corrected chi connectivity index (χ3v) is 3.23. The summed E-state index contributed by atoms with van der Waals surface area (Å²) in [6, 6.07) is 1.72. The smallest absolute Gasteiger partial charge is 0.254 e. The van der Waals surface area contributed by atoms with Crippen molar-refractivity contribution in [1.29, 1.82) is 0 Å². The van der Waals surface area contributed by atoms with E-state index in [0.717, 1.165) is 0 Å². The van der Waals surface area contributed by atoms with Crippen molar-refractivity contribution >= 4 is 11.6 Å². The van der Waals surface area contributed by atoms with Crippen molar-refractivity contribution in [2.75, 3.05) is 6.61 Å². The maximum absolute atomic E-state index is 11.7. The number of aliphatic hydroxyl groups excluding tert-OH is 1. The van der Waals surface area contributed by atoms with Gasteiger partial charge in [-0.1, -0.05) is 20.8 Å². The van der Waals surface area contributed by atoms with E-state index in [0.29, 0.717) is 11.3 Å². The van der Waals surface area contributed by atoms with Gasteiger partial charge in [0, 0.05) is 18.3 Å². The lowest BCUT2D eigenvalue weighted by Gasteiger charge is -2.27. The second kappa shape index (κ2) is 4.62. The third kappa shape index (κ3) is 2.31. The highest BCUT2D eigenvalue weighted by molar-refractivity contribution is 6.00. The second-order valence-corrected chi connectivity index (χ2v) is 5.61. The fourth-order valence-corrected chi connectivity index (χ4v) is 2.15. The lowest BCUT2D eigenvalue weighted by atomic mass is 9.78. The van der Waals surface area contributed by atoms with Gasteiger partial charge in [-0.05, 0) is 11.5 Å². The van der Waals surface area contributed by atoms with Crippen LogP contribution in [-0.2, 0) is 0 Å². The number of nitrogens with two attached hydrogens (primary N) is 1. The summed E-state index contributed by atoms with van der Waals surface area (Å²) >= 11 is 0. The zero-order valence-electron chi connectivity index (χ0n) is 11.3. The number of fused-ring (bicyclic) bond motifs is 1. The number of carbonyl (C=O) groups is 1. The molecule has 1 amide bonds. The lowest BCUT2D eigenvalue weighted by Crippen LogP contribution is -2.25. The topological polar surface area (TPSA) is 93.5 Å². The van der Waals surface area contributed by atoms with Crippen LogP contribution >= 0.6 is 0 Å². The van der Waals surface area contributed by atoms with Crippen molar-refractivity contribution < 1.29 is 9.90 Å². The van der Waals surface area contributed by atoms with Gasteiger partial charge < -0.3 is 10.8 Å². The van der Waals surface area contributed by atoms with Gasteiger partial charge in [-0.2, -0.15) is 5.10 Å². The quantitative estimate of drug-likeness (QED) is 0.861. The molecule has 0 saturated carbocycles. The molecule has 2 aromatic heterocycles. The number of hydrogen-bond acceptors (Lipinski definition) is 4. The molecule has 1 atom stereocenters. The van der Waals surface area contributed by atoms with Crippen molar-refractivity contribution in [2.45, 2.75) is 26.7 Å². The summed E-state index contributed by atoms with van der Waals surface area (Å²) in [5.41, 5.74) is 6.42. The highest BCUT2D eigenvalue weighted by atomic mass is 16.3. The number of amides is 1. The number of rotatable bonds is 3. The average Bonchev–Trinajstić information content (AvgIpc) is 2.66. The summed E-state index contributed by atoms with van der Waals surface area (Å²) in [5, 5.41) is 14.0. The molecular weight excluding hydrogens is 244 g/mol. The number of primary amides is 1. The summed E-state index contributed by atoms with van der Waals surface area (Å²) in [6.45, 7) is 5.84. The minimum absolute atomic E-state index is 0.104. The minimum atomic E-state index is -0.577. The van der Waals surface area contributed by atoms with Crippen LogP contribution in [0.25, 0.3) is 5.65 Å². The Morgan fingerprint density at radius 1 is 1.53 bits per heavy atom. The Balaban J connectivity index is 2.72. The average molecular weight is 262 g/mol. The Morgan fingerprint density at radius 3 is 2.74 bits per heavy atom. The van der Waals surface area contributed by atoms with Crippen LogP contribution in [0.1, 0.15) is 42.7 Å². The van der Waals surface area contributed by atoms with Crippen LogP contribution in [0.15, 0.2) is 18.5 Å². The Kier molecular flexibility index (Phi) is 3.28. The van der Waals surface area contributed by atoms with Gasteiger partial charge in [-0.25, -0.2) is 9.50 Å². The first-order valence-corrected chi connectivity index (χ1v) is 6.10. The highest BCUT2D eigenvalue weighted by Crippen LogP contribution is 2.36. The SMILES string of the molecule is CC(C)(C)C(CO)c1nn2cccnc2c1C(N)=O. The second-order valence-electron chi connectivity index (χ2n) is 5.61. The van der Waals surface area contributed by atoms with E-state index in [1.807, 2.05) is 20.8 Å². The maximum atomic E-state index is 11.7. The summed E-state index contributed by atoms with van der Waals surface area (Å²) in [6.07, 6.45) is 3.29. The predicted octanol–water partition coefficient (Wildman–Crippen LogP) is 0.950. The van der Waals surface area contributed by atoms with Gasteiger partial charge in [0.25, 0.3) is 5.91 Å². The first-order valence-electron chi connectivity index (χ1n) is 6.10. The van der Waals surface area contributed by atoms with E-state index >= 15 is 0 Å². The van der Waals surface area contributed by atoms with Crippen LogP contribution in [0, 0.1) is 5.41 Å². The number of aliphatic hydroxyl groups is 1. The molecule has 0 bridgehead atoms. The summed E-state index contributed by atoms with van der Waals surface area (Å²) < 4.78 is 1.52. The van der Waals surface area contributed by atoms with Gasteiger partial charge in [0.05, 0.1) is 12.3 Å². The highest BCUT2D eigenvalue weighted by Gasteiger charge is 2.32. The van der Waals surface area contributed by atoms with Gasteiger partial charge in [0.15, 0.2) is 5.65 Å². The molecule has 0 saturated heterocycles.